The maximum atomic E-state index is 12.5. The lowest BCUT2D eigenvalue weighted by Crippen LogP contribution is -2.47. The van der Waals surface area contributed by atoms with Crippen LogP contribution < -0.4 is 11.5 Å². The number of amidine groups is 1. The highest BCUT2D eigenvalue weighted by molar-refractivity contribution is 6.06. The second kappa shape index (κ2) is 7.12. The number of hydrogen-bond donors (Lipinski definition) is 2. The van der Waals surface area contributed by atoms with Gasteiger partial charge in [-0.1, -0.05) is 24.6 Å². The van der Waals surface area contributed by atoms with Crippen LogP contribution in [-0.4, -0.2) is 31.5 Å². The van der Waals surface area contributed by atoms with Crippen molar-refractivity contribution in [3.63, 3.8) is 0 Å². The molecule has 148 valence electrons. The molecule has 8 heteroatoms. The average molecular weight is 389 g/mol. The Hall–Kier alpha value is -3.55. The summed E-state index contributed by atoms with van der Waals surface area (Å²) in [7, 11) is 1.76. The van der Waals surface area contributed by atoms with E-state index in [9.17, 15) is 4.79 Å². The first-order valence-electron chi connectivity index (χ1n) is 9.46. The number of aromatic nitrogens is 4. The molecule has 1 aromatic carbocycles. The fourth-order valence-corrected chi connectivity index (χ4v) is 3.87. The fraction of sp³-hybridized carbons (Fsp3) is 0.286. The molecule has 8 nitrogen and oxygen atoms in total. The Balaban J connectivity index is 1.67. The molecule has 3 aromatic rings. The lowest BCUT2D eigenvalue weighted by molar-refractivity contribution is 0.100. The van der Waals surface area contributed by atoms with E-state index in [2.05, 4.69) is 32.2 Å². The normalized spacial score (nSPS) is 15.7. The first-order valence-corrected chi connectivity index (χ1v) is 9.46. The Morgan fingerprint density at radius 2 is 1.90 bits per heavy atom. The number of aliphatic imine (C=N–C) groups is 1. The summed E-state index contributed by atoms with van der Waals surface area (Å²) in [4.78, 5) is 24.8. The number of nitrogens with zero attached hydrogens (tertiary/aromatic N) is 5. The number of benzene rings is 1. The van der Waals surface area contributed by atoms with Crippen molar-refractivity contribution in [2.45, 2.75) is 31.6 Å². The smallest absolute Gasteiger partial charge is 0.281 e. The second-order valence-corrected chi connectivity index (χ2v) is 7.50. The van der Waals surface area contributed by atoms with E-state index in [1.54, 1.807) is 30.3 Å². The monoisotopic (exact) mass is 389 g/mol. The number of rotatable bonds is 4. The van der Waals surface area contributed by atoms with Crippen LogP contribution in [0.4, 0.5) is 5.95 Å². The van der Waals surface area contributed by atoms with Crippen LogP contribution >= 0.6 is 0 Å². The van der Waals surface area contributed by atoms with Gasteiger partial charge in [0.25, 0.3) is 5.91 Å². The number of amides is 1. The Kier molecular flexibility index (Phi) is 4.62. The van der Waals surface area contributed by atoms with Crippen molar-refractivity contribution >= 4 is 17.7 Å². The van der Waals surface area contributed by atoms with E-state index in [1.807, 2.05) is 13.0 Å². The molecule has 1 aliphatic rings. The molecular weight excluding hydrogens is 366 g/mol. The zero-order valence-electron chi connectivity index (χ0n) is 16.5. The lowest BCUT2D eigenvalue weighted by Gasteiger charge is -2.42. The first-order chi connectivity index (χ1) is 13.9. The predicted octanol–water partition coefficient (Wildman–Crippen LogP) is 2.39. The van der Waals surface area contributed by atoms with Crippen LogP contribution in [0.25, 0.3) is 11.1 Å². The quantitative estimate of drug-likeness (QED) is 0.521. The van der Waals surface area contributed by atoms with E-state index >= 15 is 0 Å². The Morgan fingerprint density at radius 1 is 1.17 bits per heavy atom. The van der Waals surface area contributed by atoms with E-state index in [4.69, 9.17) is 11.5 Å². The molecule has 1 amide bonds. The highest BCUT2D eigenvalue weighted by atomic mass is 16.1. The van der Waals surface area contributed by atoms with Gasteiger partial charge in [-0.05, 0) is 36.5 Å². The van der Waals surface area contributed by atoms with E-state index in [0.717, 1.165) is 41.5 Å². The summed E-state index contributed by atoms with van der Waals surface area (Å²) >= 11 is 0. The van der Waals surface area contributed by atoms with Crippen LogP contribution in [0.5, 0.6) is 0 Å². The Bertz CT molecular complexity index is 1090. The van der Waals surface area contributed by atoms with Crippen LogP contribution in [0.1, 0.15) is 40.7 Å². The van der Waals surface area contributed by atoms with Crippen LogP contribution in [0, 0.1) is 6.92 Å². The standard InChI is InChI=1S/C21H23N7O/c1-13-8-14(15-9-24-20(23)25-10-15)4-5-17(13)21(6-3-7-21)19(22)27-18(29)16-11-26-28(2)12-16/h4-5,8-12H,3,6-7H2,1-2H3,(H2,22,27,29)(H2,23,24,25). The van der Waals surface area contributed by atoms with Gasteiger partial charge >= 0.3 is 0 Å². The summed E-state index contributed by atoms with van der Waals surface area (Å²) in [5.41, 5.74) is 16.1. The van der Waals surface area contributed by atoms with E-state index < -0.39 is 5.41 Å². The van der Waals surface area contributed by atoms with Gasteiger partial charge in [0.2, 0.25) is 5.95 Å². The summed E-state index contributed by atoms with van der Waals surface area (Å²) in [5, 5.41) is 4.03. The molecule has 2 aromatic heterocycles. The maximum absolute atomic E-state index is 12.5. The van der Waals surface area contributed by atoms with Crippen molar-refractivity contribution in [2.24, 2.45) is 17.8 Å². The van der Waals surface area contributed by atoms with Gasteiger partial charge in [-0.2, -0.15) is 10.1 Å². The largest absolute Gasteiger partial charge is 0.386 e. The molecule has 0 spiro atoms. The number of nitrogen functional groups attached to an aromatic ring is 1. The molecule has 1 fully saturated rings. The van der Waals surface area contributed by atoms with Gasteiger partial charge in [-0.3, -0.25) is 9.48 Å². The van der Waals surface area contributed by atoms with Crippen molar-refractivity contribution in [3.8, 4) is 11.1 Å². The third kappa shape index (κ3) is 3.37. The minimum atomic E-state index is -0.405. The molecular formula is C21H23N7O. The minimum absolute atomic E-state index is 0.248. The third-order valence-electron chi connectivity index (χ3n) is 5.62. The molecule has 1 saturated carbocycles. The minimum Gasteiger partial charge on any atom is -0.386 e. The number of hydrogen-bond acceptors (Lipinski definition) is 5. The van der Waals surface area contributed by atoms with E-state index in [-0.39, 0.29) is 11.9 Å². The van der Waals surface area contributed by atoms with Crippen LogP contribution in [0.2, 0.25) is 0 Å². The SMILES string of the molecule is Cc1cc(-c2cnc(N)nc2)ccc1C1(C(N)=NC(=O)c2cnn(C)c2)CCC1. The molecule has 2 heterocycles. The average Bonchev–Trinajstić information content (AvgIpc) is 3.09. The first kappa shape index (κ1) is 18.8. The summed E-state index contributed by atoms with van der Waals surface area (Å²) in [6, 6.07) is 6.17. The lowest BCUT2D eigenvalue weighted by atomic mass is 9.62. The number of nitrogens with two attached hydrogens (primary N) is 2. The maximum Gasteiger partial charge on any atom is 0.281 e. The second-order valence-electron chi connectivity index (χ2n) is 7.50. The summed E-state index contributed by atoms with van der Waals surface area (Å²) in [6.07, 6.45) is 9.34. The predicted molar refractivity (Wildman–Crippen MR) is 111 cm³/mol. The van der Waals surface area contributed by atoms with Gasteiger partial charge < -0.3 is 11.5 Å². The Labute approximate surface area is 168 Å². The molecule has 0 atom stereocenters. The van der Waals surface area contributed by atoms with Crippen molar-refractivity contribution < 1.29 is 4.79 Å². The molecule has 29 heavy (non-hydrogen) atoms. The summed E-state index contributed by atoms with van der Waals surface area (Å²) < 4.78 is 1.57. The van der Waals surface area contributed by atoms with Gasteiger partial charge in [-0.15, -0.1) is 0 Å². The van der Waals surface area contributed by atoms with Gasteiger partial charge in [0.15, 0.2) is 0 Å². The zero-order valence-corrected chi connectivity index (χ0v) is 16.5. The molecule has 0 radical (unpaired) electrons. The van der Waals surface area contributed by atoms with Gasteiger partial charge in [0.1, 0.15) is 5.84 Å². The molecule has 4 N–H and O–H groups in total. The molecule has 0 saturated heterocycles. The topological polar surface area (TPSA) is 125 Å². The van der Waals surface area contributed by atoms with Crippen LogP contribution in [0.15, 0.2) is 48.0 Å². The number of anilines is 1. The van der Waals surface area contributed by atoms with E-state index in [1.165, 1.54) is 6.20 Å². The highest BCUT2D eigenvalue weighted by Gasteiger charge is 2.43. The molecule has 0 unspecified atom stereocenters. The van der Waals surface area contributed by atoms with E-state index in [0.29, 0.717) is 11.4 Å². The molecule has 1 aliphatic carbocycles. The molecule has 0 bridgehead atoms. The van der Waals surface area contributed by atoms with Gasteiger partial charge in [-0.25, -0.2) is 9.97 Å². The summed E-state index contributed by atoms with van der Waals surface area (Å²) in [5.74, 6) is 0.247. The third-order valence-corrected chi connectivity index (χ3v) is 5.62. The van der Waals surface area contributed by atoms with Crippen LogP contribution in [-0.2, 0) is 12.5 Å². The van der Waals surface area contributed by atoms with Gasteiger partial charge in [0.05, 0.1) is 17.2 Å². The number of carbonyl (C=O) groups is 1. The van der Waals surface area contributed by atoms with Crippen molar-refractivity contribution in [1.29, 1.82) is 0 Å². The van der Waals surface area contributed by atoms with Crippen LogP contribution in [0.3, 0.4) is 0 Å². The van der Waals surface area contributed by atoms with Crippen molar-refractivity contribution in [1.82, 2.24) is 19.7 Å². The van der Waals surface area contributed by atoms with Gasteiger partial charge in [0, 0.05) is 31.2 Å². The molecule has 4 rings (SSSR count). The Morgan fingerprint density at radius 3 is 2.45 bits per heavy atom. The van der Waals surface area contributed by atoms with Crippen molar-refractivity contribution in [3.05, 3.63) is 59.7 Å². The highest BCUT2D eigenvalue weighted by Crippen LogP contribution is 2.45. The zero-order chi connectivity index (χ0) is 20.6. The fourth-order valence-electron chi connectivity index (χ4n) is 3.87. The molecule has 0 aliphatic heterocycles. The number of aryl methyl sites for hydroxylation is 2. The van der Waals surface area contributed by atoms with Crippen molar-refractivity contribution in [2.75, 3.05) is 5.73 Å². The summed E-state index contributed by atoms with van der Waals surface area (Å²) in [6.45, 7) is 2.05. The number of carbonyl (C=O) groups excluding carboxylic acids is 1.